The standard InChI is InChI=1S/C18H26IN3/c19-22-17-9-5-4-8-15(17)16(10-13(11-20)12-21)18(22)14-6-2-1-3-7-14/h10-11,14-18,20H,1-9H2/b13-10-,20-11?. The molecule has 22 heavy (non-hydrogen) atoms. The SMILES string of the molecule is N#C/C(C=N)=C\C1C2CCCCC2N(I)C1C1CCCCC1. The Balaban J connectivity index is 1.90. The van der Waals surface area contributed by atoms with Crippen molar-refractivity contribution in [1.82, 2.24) is 3.11 Å². The molecule has 4 unspecified atom stereocenters. The molecule has 2 aliphatic carbocycles. The Morgan fingerprint density at radius 3 is 2.45 bits per heavy atom. The Morgan fingerprint density at radius 1 is 1.09 bits per heavy atom. The van der Waals surface area contributed by atoms with Gasteiger partial charge in [-0.1, -0.05) is 38.2 Å². The van der Waals surface area contributed by atoms with Crippen molar-refractivity contribution < 1.29 is 0 Å². The fourth-order valence-corrected chi connectivity index (χ4v) is 6.59. The number of rotatable bonds is 3. The van der Waals surface area contributed by atoms with Crippen molar-refractivity contribution in [3.8, 4) is 6.07 Å². The quantitative estimate of drug-likeness (QED) is 0.312. The lowest BCUT2D eigenvalue weighted by atomic mass is 9.73. The van der Waals surface area contributed by atoms with Crippen molar-refractivity contribution in [3.63, 3.8) is 0 Å². The van der Waals surface area contributed by atoms with E-state index in [-0.39, 0.29) is 0 Å². The van der Waals surface area contributed by atoms with E-state index in [4.69, 9.17) is 5.41 Å². The summed E-state index contributed by atoms with van der Waals surface area (Å²) in [4.78, 5) is 0. The van der Waals surface area contributed by atoms with Crippen LogP contribution < -0.4 is 0 Å². The fraction of sp³-hybridized carbons (Fsp3) is 0.778. The first-order valence-corrected chi connectivity index (χ1v) is 9.79. The average Bonchev–Trinajstić information content (AvgIpc) is 2.86. The molecule has 3 aliphatic rings. The number of fused-ring (bicyclic) bond motifs is 1. The Kier molecular flexibility index (Phi) is 5.56. The molecule has 0 spiro atoms. The van der Waals surface area contributed by atoms with Crippen molar-refractivity contribution in [1.29, 1.82) is 10.7 Å². The molecule has 3 rings (SSSR count). The van der Waals surface area contributed by atoms with Gasteiger partial charge in [0.25, 0.3) is 0 Å². The third kappa shape index (κ3) is 3.12. The Bertz CT molecular complexity index is 475. The molecule has 120 valence electrons. The highest BCUT2D eigenvalue weighted by atomic mass is 127. The predicted molar refractivity (Wildman–Crippen MR) is 97.9 cm³/mol. The average molecular weight is 411 g/mol. The molecule has 3 nitrogen and oxygen atoms in total. The maximum Gasteiger partial charge on any atom is 0.100 e. The van der Waals surface area contributed by atoms with Gasteiger partial charge in [-0.05, 0) is 43.4 Å². The first-order valence-electron chi connectivity index (χ1n) is 8.82. The van der Waals surface area contributed by atoms with Gasteiger partial charge in [0.15, 0.2) is 0 Å². The van der Waals surface area contributed by atoms with Crippen LogP contribution in [0.25, 0.3) is 0 Å². The van der Waals surface area contributed by atoms with Crippen LogP contribution in [0.2, 0.25) is 0 Å². The summed E-state index contributed by atoms with van der Waals surface area (Å²) in [6.45, 7) is 0. The molecule has 1 heterocycles. The highest BCUT2D eigenvalue weighted by molar-refractivity contribution is 14.1. The van der Waals surface area contributed by atoms with Crippen molar-refractivity contribution in [2.24, 2.45) is 17.8 Å². The third-order valence-electron chi connectivity index (χ3n) is 6.06. The largest absolute Gasteiger partial charge is 0.307 e. The molecular formula is C18H26IN3. The zero-order valence-corrected chi connectivity index (χ0v) is 15.3. The maximum atomic E-state index is 9.26. The van der Waals surface area contributed by atoms with Crippen LogP contribution >= 0.6 is 22.9 Å². The molecule has 0 amide bonds. The highest BCUT2D eigenvalue weighted by Gasteiger charge is 2.50. The Labute approximate surface area is 148 Å². The Morgan fingerprint density at radius 2 is 1.77 bits per heavy atom. The first-order chi connectivity index (χ1) is 10.8. The van der Waals surface area contributed by atoms with E-state index < -0.39 is 0 Å². The third-order valence-corrected chi connectivity index (χ3v) is 7.42. The van der Waals surface area contributed by atoms with Crippen LogP contribution in [-0.4, -0.2) is 21.4 Å². The van der Waals surface area contributed by atoms with Crippen molar-refractivity contribution in [2.45, 2.75) is 69.9 Å². The van der Waals surface area contributed by atoms with Crippen LogP contribution in [0.3, 0.4) is 0 Å². The van der Waals surface area contributed by atoms with Gasteiger partial charge in [0, 0.05) is 41.2 Å². The summed E-state index contributed by atoms with van der Waals surface area (Å²) in [5.41, 5.74) is 0.557. The van der Waals surface area contributed by atoms with Gasteiger partial charge in [-0.15, -0.1) is 0 Å². The van der Waals surface area contributed by atoms with Crippen LogP contribution in [-0.2, 0) is 0 Å². The zero-order chi connectivity index (χ0) is 15.5. The van der Waals surface area contributed by atoms with Crippen LogP contribution in [0.15, 0.2) is 11.6 Å². The number of nitrogens with zero attached hydrogens (tertiary/aromatic N) is 2. The van der Waals surface area contributed by atoms with Gasteiger partial charge in [-0.3, -0.25) is 0 Å². The molecule has 4 heteroatoms. The van der Waals surface area contributed by atoms with E-state index in [1.54, 1.807) is 0 Å². The van der Waals surface area contributed by atoms with Gasteiger partial charge >= 0.3 is 0 Å². The maximum absolute atomic E-state index is 9.26. The molecule has 0 radical (unpaired) electrons. The van der Waals surface area contributed by atoms with Crippen LogP contribution in [0, 0.1) is 34.5 Å². The number of hydrogen-bond donors (Lipinski definition) is 1. The molecule has 0 bridgehead atoms. The van der Waals surface area contributed by atoms with Crippen LogP contribution in [0.1, 0.15) is 57.8 Å². The molecule has 1 aliphatic heterocycles. The van der Waals surface area contributed by atoms with Crippen molar-refractivity contribution in [3.05, 3.63) is 11.6 Å². The lowest BCUT2D eigenvalue weighted by molar-refractivity contribution is 0.211. The van der Waals surface area contributed by atoms with E-state index in [9.17, 15) is 5.26 Å². The van der Waals surface area contributed by atoms with Gasteiger partial charge < -0.3 is 5.41 Å². The lowest BCUT2D eigenvalue weighted by Gasteiger charge is -2.34. The van der Waals surface area contributed by atoms with Gasteiger partial charge in [0.2, 0.25) is 0 Å². The molecule has 0 aromatic heterocycles. The van der Waals surface area contributed by atoms with Crippen molar-refractivity contribution in [2.75, 3.05) is 0 Å². The smallest absolute Gasteiger partial charge is 0.100 e. The second-order valence-corrected chi connectivity index (χ2v) is 8.32. The summed E-state index contributed by atoms with van der Waals surface area (Å²) in [6.07, 6.45) is 15.5. The fourth-order valence-electron chi connectivity index (χ4n) is 5.07. The summed E-state index contributed by atoms with van der Waals surface area (Å²) >= 11 is 2.58. The van der Waals surface area contributed by atoms with E-state index in [1.807, 2.05) is 0 Å². The van der Waals surface area contributed by atoms with Gasteiger partial charge in [0.1, 0.15) is 6.07 Å². The molecule has 1 saturated heterocycles. The minimum atomic E-state index is 0.474. The molecule has 3 fully saturated rings. The zero-order valence-electron chi connectivity index (χ0n) is 13.2. The van der Waals surface area contributed by atoms with E-state index in [0.717, 1.165) is 5.92 Å². The summed E-state index contributed by atoms with van der Waals surface area (Å²) in [5, 5.41) is 16.7. The van der Waals surface area contributed by atoms with E-state index in [1.165, 1.54) is 64.0 Å². The molecule has 4 atom stereocenters. The number of nitrogens with one attached hydrogen (secondary N) is 1. The van der Waals surface area contributed by atoms with Crippen LogP contribution in [0.4, 0.5) is 0 Å². The normalized spacial score (nSPS) is 37.5. The minimum Gasteiger partial charge on any atom is -0.307 e. The molecule has 1 N–H and O–H groups in total. The minimum absolute atomic E-state index is 0.474. The Hall–Kier alpha value is -0.410. The summed E-state index contributed by atoms with van der Waals surface area (Å²) in [6, 6.07) is 3.48. The van der Waals surface area contributed by atoms with Crippen LogP contribution in [0.5, 0.6) is 0 Å². The number of nitriles is 1. The topological polar surface area (TPSA) is 50.9 Å². The molecule has 2 saturated carbocycles. The van der Waals surface area contributed by atoms with E-state index >= 15 is 0 Å². The van der Waals surface area contributed by atoms with Gasteiger partial charge in [0.05, 0.1) is 5.57 Å². The van der Waals surface area contributed by atoms with Crippen molar-refractivity contribution >= 4 is 29.1 Å². The number of halogens is 1. The summed E-state index contributed by atoms with van der Waals surface area (Å²) in [7, 11) is 0. The molecule has 0 aromatic rings. The summed E-state index contributed by atoms with van der Waals surface area (Å²) in [5.74, 6) is 1.95. The molecule has 0 aromatic carbocycles. The second-order valence-electron chi connectivity index (χ2n) is 7.20. The van der Waals surface area contributed by atoms with Gasteiger partial charge in [-0.25, -0.2) is 3.11 Å². The predicted octanol–water partition coefficient (Wildman–Crippen LogP) is 4.88. The second kappa shape index (κ2) is 7.44. The summed E-state index contributed by atoms with van der Waals surface area (Å²) < 4.78 is 2.64. The highest BCUT2D eigenvalue weighted by Crippen LogP contribution is 2.50. The van der Waals surface area contributed by atoms with E-state index in [0.29, 0.717) is 29.5 Å². The number of hydrogen-bond acceptors (Lipinski definition) is 3. The first kappa shape index (κ1) is 16.4. The monoisotopic (exact) mass is 411 g/mol. The van der Waals surface area contributed by atoms with E-state index in [2.05, 4.69) is 38.1 Å². The number of allylic oxidation sites excluding steroid dienone is 1. The van der Waals surface area contributed by atoms with Gasteiger partial charge in [-0.2, -0.15) is 5.26 Å². The lowest BCUT2D eigenvalue weighted by Crippen LogP contribution is -2.36. The molecular weight excluding hydrogens is 385 g/mol.